The summed E-state index contributed by atoms with van der Waals surface area (Å²) in [6.07, 6.45) is 9.14. The van der Waals surface area contributed by atoms with Gasteiger partial charge < -0.3 is 20.4 Å². The summed E-state index contributed by atoms with van der Waals surface area (Å²) in [5, 5.41) is 7.35. The molecule has 0 spiro atoms. The average Bonchev–Trinajstić information content (AvgIpc) is 3.00. The van der Waals surface area contributed by atoms with E-state index in [2.05, 4.69) is 57.7 Å². The van der Waals surface area contributed by atoms with E-state index < -0.39 is 0 Å². The second-order valence-corrected chi connectivity index (χ2v) is 12.6. The van der Waals surface area contributed by atoms with Gasteiger partial charge in [0.1, 0.15) is 17.5 Å². The van der Waals surface area contributed by atoms with Crippen LogP contribution in [0, 0.1) is 11.7 Å². The van der Waals surface area contributed by atoms with E-state index in [1.807, 2.05) is 12.1 Å². The van der Waals surface area contributed by atoms with Gasteiger partial charge in [0, 0.05) is 44.2 Å². The highest BCUT2D eigenvalue weighted by atomic mass is 32.1. The summed E-state index contributed by atoms with van der Waals surface area (Å²) in [6, 6.07) is 17.9. The van der Waals surface area contributed by atoms with Crippen LogP contribution < -0.4 is 20.4 Å². The zero-order chi connectivity index (χ0) is 28.2. The first-order valence-electron chi connectivity index (χ1n) is 15.2. The first kappa shape index (κ1) is 27.9. The van der Waals surface area contributed by atoms with Crippen LogP contribution in [-0.4, -0.2) is 41.3 Å². The van der Waals surface area contributed by atoms with Crippen LogP contribution in [0.25, 0.3) is 0 Å². The first-order chi connectivity index (χ1) is 20.0. The van der Waals surface area contributed by atoms with Crippen molar-refractivity contribution in [2.75, 3.05) is 41.3 Å². The van der Waals surface area contributed by atoms with Crippen LogP contribution in [0.4, 0.5) is 22.0 Å². The van der Waals surface area contributed by atoms with E-state index in [9.17, 15) is 4.39 Å². The van der Waals surface area contributed by atoms with Crippen LogP contribution in [0.5, 0.6) is 0 Å². The maximum atomic E-state index is 13.7. The molecule has 0 amide bonds. The summed E-state index contributed by atoms with van der Waals surface area (Å²) in [6.45, 7) is 6.78. The van der Waals surface area contributed by atoms with Gasteiger partial charge in [0.05, 0.1) is 0 Å². The Morgan fingerprint density at radius 3 is 2.44 bits per heavy atom. The molecule has 6 nitrogen and oxygen atoms in total. The minimum Gasteiger partial charge on any atom is -0.361 e. The summed E-state index contributed by atoms with van der Waals surface area (Å²) in [7, 11) is 0. The third kappa shape index (κ3) is 6.48. The summed E-state index contributed by atoms with van der Waals surface area (Å²) in [5.41, 5.74) is 3.90. The highest BCUT2D eigenvalue weighted by Gasteiger charge is 2.34. The Balaban J connectivity index is 1.21. The number of aromatic nitrogens is 2. The van der Waals surface area contributed by atoms with Gasteiger partial charge in [-0.1, -0.05) is 62.6 Å². The molecule has 8 heteroatoms. The predicted molar refractivity (Wildman–Crippen MR) is 169 cm³/mol. The smallest absolute Gasteiger partial charge is 0.232 e. The number of hydrogen-bond acceptors (Lipinski definition) is 5. The monoisotopic (exact) mass is 572 g/mol. The van der Waals surface area contributed by atoms with Gasteiger partial charge in [-0.25, -0.2) is 4.39 Å². The molecule has 1 saturated heterocycles. The Morgan fingerprint density at radius 2 is 1.68 bits per heavy atom. The van der Waals surface area contributed by atoms with Gasteiger partial charge in [-0.05, 0) is 79.1 Å². The Morgan fingerprint density at radius 1 is 0.951 bits per heavy atom. The van der Waals surface area contributed by atoms with Crippen LogP contribution in [0.15, 0.2) is 54.6 Å². The van der Waals surface area contributed by atoms with Gasteiger partial charge in [-0.2, -0.15) is 9.97 Å². The van der Waals surface area contributed by atoms with Crippen LogP contribution in [-0.2, 0) is 18.4 Å². The molecular formula is C33H41FN6S. The first-order valence-corrected chi connectivity index (χ1v) is 15.6. The van der Waals surface area contributed by atoms with E-state index in [1.165, 1.54) is 48.8 Å². The van der Waals surface area contributed by atoms with Crippen LogP contribution in [0.3, 0.4) is 0 Å². The number of halogens is 1. The maximum absolute atomic E-state index is 13.7. The lowest BCUT2D eigenvalue weighted by Crippen LogP contribution is -2.43. The van der Waals surface area contributed by atoms with E-state index in [4.69, 9.17) is 22.2 Å². The Labute approximate surface area is 248 Å². The second-order valence-electron chi connectivity index (χ2n) is 12.2. The number of anilines is 3. The van der Waals surface area contributed by atoms with Crippen molar-refractivity contribution in [3.05, 3.63) is 77.1 Å². The SMILES string of the molecule is CC1CCCN(c2cc(N3CCc4ccccc4C3)nc(NC(=S)NCC3(c4ccc(F)cc4)CCCCC3)n2)C1. The van der Waals surface area contributed by atoms with E-state index in [0.717, 1.165) is 57.1 Å². The van der Waals surface area contributed by atoms with Crippen molar-refractivity contribution in [2.24, 2.45) is 5.92 Å². The molecule has 3 aliphatic rings. The van der Waals surface area contributed by atoms with E-state index in [1.54, 1.807) is 12.1 Å². The van der Waals surface area contributed by atoms with Crippen LogP contribution >= 0.6 is 12.2 Å². The van der Waals surface area contributed by atoms with Crippen molar-refractivity contribution in [1.29, 1.82) is 0 Å². The maximum Gasteiger partial charge on any atom is 0.232 e. The number of fused-ring (bicyclic) bond motifs is 1. The molecule has 2 N–H and O–H groups in total. The van der Waals surface area contributed by atoms with Gasteiger partial charge in [-0.3, -0.25) is 0 Å². The molecule has 2 fully saturated rings. The molecule has 1 saturated carbocycles. The highest BCUT2D eigenvalue weighted by molar-refractivity contribution is 7.80. The lowest BCUT2D eigenvalue weighted by molar-refractivity contribution is 0.292. The molecule has 0 radical (unpaired) electrons. The number of benzene rings is 2. The van der Waals surface area contributed by atoms with Crippen LogP contribution in [0.1, 0.15) is 68.6 Å². The molecule has 216 valence electrons. The normalized spacial score (nSPS) is 20.3. The third-order valence-electron chi connectivity index (χ3n) is 9.21. The largest absolute Gasteiger partial charge is 0.361 e. The number of thiocarbonyl (C=S) groups is 1. The van der Waals surface area contributed by atoms with Crippen molar-refractivity contribution < 1.29 is 4.39 Å². The zero-order valence-electron chi connectivity index (χ0n) is 24.0. The summed E-state index contributed by atoms with van der Waals surface area (Å²) < 4.78 is 13.7. The fourth-order valence-electron chi connectivity index (χ4n) is 6.89. The molecule has 6 rings (SSSR count). The lowest BCUT2D eigenvalue weighted by atomic mass is 9.69. The Hall–Kier alpha value is -3.26. The zero-order valence-corrected chi connectivity index (χ0v) is 24.9. The van der Waals surface area contributed by atoms with Crippen molar-refractivity contribution in [3.63, 3.8) is 0 Å². The molecule has 1 aliphatic carbocycles. The summed E-state index contributed by atoms with van der Waals surface area (Å²) in [4.78, 5) is 14.7. The molecule has 3 heterocycles. The fraction of sp³-hybridized carbons (Fsp3) is 0.485. The van der Waals surface area contributed by atoms with E-state index >= 15 is 0 Å². The molecule has 2 aromatic carbocycles. The number of rotatable bonds is 6. The molecule has 1 aromatic heterocycles. The van der Waals surface area contributed by atoms with Gasteiger partial charge >= 0.3 is 0 Å². The number of hydrogen-bond donors (Lipinski definition) is 2. The van der Waals surface area contributed by atoms with E-state index in [0.29, 0.717) is 23.5 Å². The van der Waals surface area contributed by atoms with Gasteiger partial charge in [0.15, 0.2) is 5.11 Å². The average molecular weight is 573 g/mol. The lowest BCUT2D eigenvalue weighted by Gasteiger charge is -2.38. The standard InChI is InChI=1S/C33H41FN6S/c1-24-8-7-18-39(21-24)29-20-30(40-19-15-25-9-3-4-10-26(25)22-40)37-31(36-29)38-32(41)35-23-33(16-5-2-6-17-33)27-11-13-28(34)14-12-27/h3-4,9-14,20,24H,2,5-8,15-19,21-23H2,1H3,(H2,35,36,37,38,41). The number of nitrogens with one attached hydrogen (secondary N) is 2. The predicted octanol–water partition coefficient (Wildman–Crippen LogP) is 6.60. The Bertz CT molecular complexity index is 1360. The Kier molecular flexibility index (Phi) is 8.37. The number of nitrogens with zero attached hydrogens (tertiary/aromatic N) is 4. The molecule has 41 heavy (non-hydrogen) atoms. The topological polar surface area (TPSA) is 56.3 Å². The van der Waals surface area contributed by atoms with Crippen molar-refractivity contribution in [1.82, 2.24) is 15.3 Å². The summed E-state index contributed by atoms with van der Waals surface area (Å²) >= 11 is 5.81. The van der Waals surface area contributed by atoms with Crippen molar-refractivity contribution in [3.8, 4) is 0 Å². The minimum atomic E-state index is -0.196. The minimum absolute atomic E-state index is 0.0588. The molecule has 1 unspecified atom stereocenters. The highest BCUT2D eigenvalue weighted by Crippen LogP contribution is 2.39. The van der Waals surface area contributed by atoms with Crippen molar-refractivity contribution >= 4 is 34.9 Å². The summed E-state index contributed by atoms with van der Waals surface area (Å²) in [5.74, 6) is 2.87. The van der Waals surface area contributed by atoms with Crippen LogP contribution in [0.2, 0.25) is 0 Å². The molecule has 3 aromatic rings. The molecule has 1 atom stereocenters. The molecular weight excluding hydrogens is 531 g/mol. The molecule has 0 bridgehead atoms. The number of piperidine rings is 1. The van der Waals surface area contributed by atoms with Crippen molar-refractivity contribution in [2.45, 2.75) is 70.3 Å². The second kappa shape index (κ2) is 12.3. The van der Waals surface area contributed by atoms with Gasteiger partial charge in [0.2, 0.25) is 5.95 Å². The molecule has 2 aliphatic heterocycles. The van der Waals surface area contributed by atoms with Gasteiger partial charge in [0.25, 0.3) is 0 Å². The third-order valence-corrected chi connectivity index (χ3v) is 9.46. The quantitative estimate of drug-likeness (QED) is 0.323. The van der Waals surface area contributed by atoms with Gasteiger partial charge in [-0.15, -0.1) is 0 Å². The fourth-order valence-corrected chi connectivity index (χ4v) is 7.05. The van der Waals surface area contributed by atoms with E-state index in [-0.39, 0.29) is 11.2 Å².